The topological polar surface area (TPSA) is 85.1 Å². The number of nitrogen functional groups attached to an aromatic ring is 1. The number of benzene rings is 1. The standard InChI is InChI=1S/C11H8BrF2N3O2S/c12-10-2-1-7(5-16-10)17-20(18,19)9-4-6(15)3-8(13)11(9)14/h1-5,17H,15H2. The maximum absolute atomic E-state index is 13.6. The Morgan fingerprint density at radius 1 is 1.25 bits per heavy atom. The van der Waals surface area contributed by atoms with Gasteiger partial charge < -0.3 is 5.73 Å². The van der Waals surface area contributed by atoms with Crippen LogP contribution in [0.4, 0.5) is 20.2 Å². The molecule has 0 saturated heterocycles. The smallest absolute Gasteiger partial charge is 0.265 e. The molecule has 0 aliphatic carbocycles. The van der Waals surface area contributed by atoms with Crippen molar-refractivity contribution in [3.63, 3.8) is 0 Å². The first-order chi connectivity index (χ1) is 9.29. The van der Waals surface area contributed by atoms with Crippen LogP contribution in [-0.4, -0.2) is 13.4 Å². The van der Waals surface area contributed by atoms with Crippen LogP contribution in [-0.2, 0) is 10.0 Å². The molecule has 0 radical (unpaired) electrons. The molecule has 20 heavy (non-hydrogen) atoms. The van der Waals surface area contributed by atoms with Crippen molar-refractivity contribution >= 4 is 37.3 Å². The van der Waals surface area contributed by atoms with Crippen molar-refractivity contribution in [2.75, 3.05) is 10.5 Å². The van der Waals surface area contributed by atoms with Gasteiger partial charge in [0.2, 0.25) is 0 Å². The minimum absolute atomic E-state index is 0.107. The van der Waals surface area contributed by atoms with Crippen LogP contribution in [0.5, 0.6) is 0 Å². The molecule has 9 heteroatoms. The fourth-order valence-corrected chi connectivity index (χ4v) is 2.83. The van der Waals surface area contributed by atoms with Crippen LogP contribution in [0.1, 0.15) is 0 Å². The molecule has 0 unspecified atom stereocenters. The predicted octanol–water partition coefficient (Wildman–Crippen LogP) is 2.51. The van der Waals surface area contributed by atoms with E-state index in [2.05, 4.69) is 25.6 Å². The zero-order chi connectivity index (χ0) is 14.9. The minimum atomic E-state index is -4.30. The molecule has 0 bridgehead atoms. The Labute approximate surface area is 122 Å². The van der Waals surface area contributed by atoms with Gasteiger partial charge in [0, 0.05) is 5.69 Å². The molecule has 1 heterocycles. The number of hydrogen-bond acceptors (Lipinski definition) is 4. The van der Waals surface area contributed by atoms with E-state index < -0.39 is 26.6 Å². The lowest BCUT2D eigenvalue weighted by Gasteiger charge is -2.09. The van der Waals surface area contributed by atoms with E-state index >= 15 is 0 Å². The molecule has 0 aliphatic heterocycles. The summed E-state index contributed by atoms with van der Waals surface area (Å²) in [6.07, 6.45) is 1.22. The molecule has 5 nitrogen and oxygen atoms in total. The Balaban J connectivity index is 2.43. The Morgan fingerprint density at radius 2 is 1.95 bits per heavy atom. The van der Waals surface area contributed by atoms with Gasteiger partial charge in [-0.25, -0.2) is 22.2 Å². The molecule has 0 saturated carbocycles. The van der Waals surface area contributed by atoms with Gasteiger partial charge in [0.15, 0.2) is 11.6 Å². The zero-order valence-corrected chi connectivity index (χ0v) is 12.2. The normalized spacial score (nSPS) is 11.3. The van der Waals surface area contributed by atoms with E-state index in [4.69, 9.17) is 5.73 Å². The number of pyridine rings is 1. The van der Waals surface area contributed by atoms with Crippen molar-refractivity contribution in [3.8, 4) is 0 Å². The molecule has 2 aromatic rings. The van der Waals surface area contributed by atoms with Crippen LogP contribution < -0.4 is 10.5 Å². The highest BCUT2D eigenvalue weighted by Gasteiger charge is 2.23. The number of nitrogens with zero attached hydrogens (tertiary/aromatic N) is 1. The van der Waals surface area contributed by atoms with Gasteiger partial charge in [-0.05, 0) is 40.2 Å². The number of hydrogen-bond donors (Lipinski definition) is 2. The van der Waals surface area contributed by atoms with Crippen molar-refractivity contribution in [2.45, 2.75) is 4.90 Å². The highest BCUT2D eigenvalue weighted by Crippen LogP contribution is 2.23. The third kappa shape index (κ3) is 3.05. The lowest BCUT2D eigenvalue weighted by Crippen LogP contribution is -2.16. The van der Waals surface area contributed by atoms with Crippen molar-refractivity contribution in [2.24, 2.45) is 0 Å². The van der Waals surface area contributed by atoms with E-state index in [9.17, 15) is 17.2 Å². The van der Waals surface area contributed by atoms with Crippen molar-refractivity contribution in [1.82, 2.24) is 4.98 Å². The van der Waals surface area contributed by atoms with Crippen LogP contribution >= 0.6 is 15.9 Å². The molecule has 2 rings (SSSR count). The molecular weight excluding hydrogens is 356 g/mol. The van der Waals surface area contributed by atoms with E-state index in [-0.39, 0.29) is 11.4 Å². The third-order valence-corrected chi connectivity index (χ3v) is 4.14. The molecule has 0 fully saturated rings. The Hall–Kier alpha value is -1.74. The Morgan fingerprint density at radius 3 is 2.55 bits per heavy atom. The lowest BCUT2D eigenvalue weighted by molar-refractivity contribution is 0.486. The molecule has 0 atom stereocenters. The highest BCUT2D eigenvalue weighted by atomic mass is 79.9. The number of sulfonamides is 1. The van der Waals surface area contributed by atoms with Crippen LogP contribution in [0.15, 0.2) is 40.0 Å². The second kappa shape index (κ2) is 5.33. The highest BCUT2D eigenvalue weighted by molar-refractivity contribution is 9.10. The number of anilines is 2. The van der Waals surface area contributed by atoms with Gasteiger partial charge in [-0.1, -0.05) is 0 Å². The average molecular weight is 364 g/mol. The molecule has 0 aliphatic rings. The maximum Gasteiger partial charge on any atom is 0.265 e. The minimum Gasteiger partial charge on any atom is -0.399 e. The zero-order valence-electron chi connectivity index (χ0n) is 9.77. The summed E-state index contributed by atoms with van der Waals surface area (Å²) < 4.78 is 53.4. The summed E-state index contributed by atoms with van der Waals surface area (Å²) in [5.74, 6) is -2.82. The summed E-state index contributed by atoms with van der Waals surface area (Å²) >= 11 is 3.09. The van der Waals surface area contributed by atoms with E-state index in [1.165, 1.54) is 18.3 Å². The first-order valence-electron chi connectivity index (χ1n) is 5.18. The van der Waals surface area contributed by atoms with Crippen LogP contribution in [0.2, 0.25) is 0 Å². The first-order valence-corrected chi connectivity index (χ1v) is 7.46. The van der Waals surface area contributed by atoms with Crippen molar-refractivity contribution < 1.29 is 17.2 Å². The fourth-order valence-electron chi connectivity index (χ4n) is 1.43. The largest absolute Gasteiger partial charge is 0.399 e. The van der Waals surface area contributed by atoms with Gasteiger partial charge in [0.25, 0.3) is 10.0 Å². The van der Waals surface area contributed by atoms with Crippen LogP contribution in [0.25, 0.3) is 0 Å². The summed E-state index contributed by atoms with van der Waals surface area (Å²) in [6, 6.07) is 4.45. The van der Waals surface area contributed by atoms with Gasteiger partial charge in [0.1, 0.15) is 9.50 Å². The van der Waals surface area contributed by atoms with E-state index in [0.717, 1.165) is 6.07 Å². The first kappa shape index (κ1) is 14.7. The molecular formula is C11H8BrF2N3O2S. The molecule has 0 spiro atoms. The number of aromatic nitrogens is 1. The van der Waals surface area contributed by atoms with Gasteiger partial charge in [-0.3, -0.25) is 4.72 Å². The van der Waals surface area contributed by atoms with Gasteiger partial charge in [-0.15, -0.1) is 0 Å². The van der Waals surface area contributed by atoms with Crippen LogP contribution in [0.3, 0.4) is 0 Å². The quantitative estimate of drug-likeness (QED) is 0.648. The summed E-state index contributed by atoms with van der Waals surface area (Å²) in [5, 5.41) is 0. The molecule has 3 N–H and O–H groups in total. The third-order valence-electron chi connectivity index (χ3n) is 2.29. The van der Waals surface area contributed by atoms with Gasteiger partial charge in [-0.2, -0.15) is 0 Å². The summed E-state index contributed by atoms with van der Waals surface area (Å²) in [7, 11) is -4.30. The van der Waals surface area contributed by atoms with E-state index in [1.54, 1.807) is 0 Å². The maximum atomic E-state index is 13.6. The molecule has 0 amide bonds. The number of nitrogens with two attached hydrogens (primary N) is 1. The second-order valence-electron chi connectivity index (χ2n) is 3.79. The lowest BCUT2D eigenvalue weighted by atomic mass is 10.3. The SMILES string of the molecule is Nc1cc(F)c(F)c(S(=O)(=O)Nc2ccc(Br)nc2)c1. The summed E-state index contributed by atoms with van der Waals surface area (Å²) in [5.41, 5.74) is 5.23. The predicted molar refractivity (Wildman–Crippen MR) is 73.5 cm³/mol. The number of rotatable bonds is 3. The molecule has 1 aromatic carbocycles. The monoisotopic (exact) mass is 363 g/mol. The van der Waals surface area contributed by atoms with Crippen LogP contribution in [0, 0.1) is 11.6 Å². The average Bonchev–Trinajstić information content (AvgIpc) is 2.36. The van der Waals surface area contributed by atoms with E-state index in [0.29, 0.717) is 10.7 Å². The van der Waals surface area contributed by atoms with Gasteiger partial charge in [0.05, 0.1) is 11.9 Å². The molecule has 1 aromatic heterocycles. The fraction of sp³-hybridized carbons (Fsp3) is 0. The molecule has 106 valence electrons. The van der Waals surface area contributed by atoms with E-state index in [1.807, 2.05) is 0 Å². The van der Waals surface area contributed by atoms with Gasteiger partial charge >= 0.3 is 0 Å². The van der Waals surface area contributed by atoms with Crippen molar-refractivity contribution in [1.29, 1.82) is 0 Å². The second-order valence-corrected chi connectivity index (χ2v) is 6.25. The van der Waals surface area contributed by atoms with Crippen molar-refractivity contribution in [3.05, 3.63) is 46.7 Å². The Kier molecular flexibility index (Phi) is 3.91. The number of nitrogens with one attached hydrogen (secondary N) is 1. The Bertz CT molecular complexity index is 751. The summed E-state index contributed by atoms with van der Waals surface area (Å²) in [4.78, 5) is 2.95. The number of halogens is 3. The summed E-state index contributed by atoms with van der Waals surface area (Å²) in [6.45, 7) is 0.